The first-order valence-electron chi connectivity index (χ1n) is 4.11. The molecule has 0 bridgehead atoms. The quantitative estimate of drug-likeness (QED) is 0.515. The molecule has 0 aliphatic carbocycles. The Morgan fingerprint density at radius 3 is 1.42 bits per heavy atom. The van der Waals surface area contributed by atoms with Crippen LogP contribution in [0.2, 0.25) is 19.6 Å². The van der Waals surface area contributed by atoms with Crippen molar-refractivity contribution in [2.24, 2.45) is 5.41 Å². The molecular weight excluding hydrogens is 172 g/mol. The molecule has 0 aliphatic rings. The smallest absolute Gasteiger partial charge is 0.273 e. The van der Waals surface area contributed by atoms with Crippen LogP contribution in [-0.2, 0) is 4.43 Å². The van der Waals surface area contributed by atoms with Gasteiger partial charge in [-0.05, 0) is 19.6 Å². The zero-order chi connectivity index (χ0) is 10.2. The third-order valence-corrected chi connectivity index (χ3v) is 2.32. The normalized spacial score (nSPS) is 15.0. The minimum absolute atomic E-state index is 0.673. The van der Waals surface area contributed by atoms with E-state index in [0.717, 1.165) is 0 Å². The van der Waals surface area contributed by atoms with Crippen LogP contribution in [0.5, 0.6) is 0 Å². The molecule has 0 aromatic heterocycles. The highest BCUT2D eigenvalue weighted by molar-refractivity contribution is 6.69. The molecule has 0 saturated carbocycles. The van der Waals surface area contributed by atoms with E-state index < -0.39 is 19.7 Å². The number of rotatable bonds is 2. The lowest BCUT2D eigenvalue weighted by molar-refractivity contribution is -0.350. The van der Waals surface area contributed by atoms with Gasteiger partial charge in [0.05, 0.1) is 0 Å². The third kappa shape index (κ3) is 3.67. The molecule has 3 nitrogen and oxygen atoms in total. The Bertz CT molecular complexity index is 153. The second-order valence-electron chi connectivity index (χ2n) is 5.07. The van der Waals surface area contributed by atoms with Crippen LogP contribution >= 0.6 is 0 Å². The summed E-state index contributed by atoms with van der Waals surface area (Å²) in [4.78, 5) is 0. The van der Waals surface area contributed by atoms with E-state index >= 15 is 0 Å². The molecule has 0 spiro atoms. The lowest BCUT2D eigenvalue weighted by Gasteiger charge is -2.38. The molecule has 0 amide bonds. The van der Waals surface area contributed by atoms with Crippen LogP contribution in [0.3, 0.4) is 0 Å². The van der Waals surface area contributed by atoms with Crippen LogP contribution in [0.1, 0.15) is 20.8 Å². The molecule has 0 aliphatic heterocycles. The van der Waals surface area contributed by atoms with Gasteiger partial charge in [0.2, 0.25) is 0 Å². The standard InChI is InChI=1S/C8H20O3Si/c1-7(2,3)8(9,10)11-12(4,5)6/h9-10H,1-6H3. The fraction of sp³-hybridized carbons (Fsp3) is 1.00. The maximum Gasteiger partial charge on any atom is 0.273 e. The third-order valence-electron chi connectivity index (χ3n) is 1.43. The topological polar surface area (TPSA) is 49.7 Å². The van der Waals surface area contributed by atoms with E-state index in [1.807, 2.05) is 19.6 Å². The van der Waals surface area contributed by atoms with Crippen molar-refractivity contribution >= 4 is 8.32 Å². The van der Waals surface area contributed by atoms with E-state index in [-0.39, 0.29) is 0 Å². The first-order chi connectivity index (χ1) is 4.96. The Balaban J connectivity index is 4.44. The van der Waals surface area contributed by atoms with Crippen molar-refractivity contribution in [3.8, 4) is 0 Å². The molecule has 74 valence electrons. The Morgan fingerprint density at radius 1 is 1.00 bits per heavy atom. The highest BCUT2D eigenvalue weighted by atomic mass is 28.4. The monoisotopic (exact) mass is 192 g/mol. The summed E-state index contributed by atoms with van der Waals surface area (Å²) in [7, 11) is -1.90. The average molecular weight is 192 g/mol. The predicted octanol–water partition coefficient (Wildman–Crippen LogP) is 1.52. The average Bonchev–Trinajstić information content (AvgIpc) is 1.52. The van der Waals surface area contributed by atoms with Gasteiger partial charge in [-0.1, -0.05) is 20.8 Å². The lowest BCUT2D eigenvalue weighted by atomic mass is 9.94. The molecule has 0 heterocycles. The fourth-order valence-corrected chi connectivity index (χ4v) is 1.74. The Labute approximate surface area is 75.5 Å². The Hall–Kier alpha value is 0.0969. The van der Waals surface area contributed by atoms with Crippen molar-refractivity contribution in [1.29, 1.82) is 0 Å². The molecular formula is C8H20O3Si. The summed E-state index contributed by atoms with van der Waals surface area (Å²) in [5.41, 5.74) is -0.673. The lowest BCUT2D eigenvalue weighted by Crippen LogP contribution is -2.51. The molecule has 0 radical (unpaired) electrons. The highest BCUT2D eigenvalue weighted by Gasteiger charge is 2.42. The SMILES string of the molecule is CC(C)(C)C(O)(O)O[Si](C)(C)C. The number of aliphatic hydroxyl groups is 2. The summed E-state index contributed by atoms with van der Waals surface area (Å²) >= 11 is 0. The molecule has 0 unspecified atom stereocenters. The van der Waals surface area contributed by atoms with Gasteiger partial charge in [-0.15, -0.1) is 0 Å². The van der Waals surface area contributed by atoms with Crippen molar-refractivity contribution in [3.05, 3.63) is 0 Å². The van der Waals surface area contributed by atoms with E-state index in [1.165, 1.54) is 0 Å². The maximum atomic E-state index is 9.55. The molecule has 0 saturated heterocycles. The van der Waals surface area contributed by atoms with E-state index in [0.29, 0.717) is 0 Å². The Kier molecular flexibility index (Phi) is 3.13. The van der Waals surface area contributed by atoms with Crippen molar-refractivity contribution < 1.29 is 14.6 Å². The summed E-state index contributed by atoms with van der Waals surface area (Å²) < 4.78 is 5.24. The van der Waals surface area contributed by atoms with Gasteiger partial charge in [-0.2, -0.15) is 0 Å². The van der Waals surface area contributed by atoms with E-state index in [9.17, 15) is 10.2 Å². The summed E-state index contributed by atoms with van der Waals surface area (Å²) in [6.07, 6.45) is 0. The zero-order valence-corrected chi connectivity index (χ0v) is 9.80. The van der Waals surface area contributed by atoms with Gasteiger partial charge in [0.25, 0.3) is 5.97 Å². The van der Waals surface area contributed by atoms with E-state index in [2.05, 4.69) is 0 Å². The molecule has 0 aromatic carbocycles. The van der Waals surface area contributed by atoms with Gasteiger partial charge in [0.15, 0.2) is 8.32 Å². The minimum Gasteiger partial charge on any atom is -0.369 e. The molecule has 0 atom stereocenters. The Morgan fingerprint density at radius 2 is 1.33 bits per heavy atom. The number of hydrogen-bond acceptors (Lipinski definition) is 3. The van der Waals surface area contributed by atoms with Crippen molar-refractivity contribution in [1.82, 2.24) is 0 Å². The van der Waals surface area contributed by atoms with Crippen LogP contribution in [0.15, 0.2) is 0 Å². The molecule has 2 N–H and O–H groups in total. The minimum atomic E-state index is -2.02. The maximum absolute atomic E-state index is 9.55. The van der Waals surface area contributed by atoms with Crippen LogP contribution < -0.4 is 0 Å². The van der Waals surface area contributed by atoms with Gasteiger partial charge in [0.1, 0.15) is 0 Å². The van der Waals surface area contributed by atoms with Crippen LogP contribution in [0, 0.1) is 5.41 Å². The van der Waals surface area contributed by atoms with Crippen molar-refractivity contribution in [2.45, 2.75) is 46.4 Å². The van der Waals surface area contributed by atoms with Crippen molar-refractivity contribution in [3.63, 3.8) is 0 Å². The van der Waals surface area contributed by atoms with Crippen LogP contribution in [-0.4, -0.2) is 24.5 Å². The zero-order valence-electron chi connectivity index (χ0n) is 8.80. The molecule has 12 heavy (non-hydrogen) atoms. The van der Waals surface area contributed by atoms with Crippen molar-refractivity contribution in [2.75, 3.05) is 0 Å². The largest absolute Gasteiger partial charge is 0.369 e. The van der Waals surface area contributed by atoms with Gasteiger partial charge in [-0.25, -0.2) is 0 Å². The molecule has 4 heteroatoms. The summed E-state index contributed by atoms with van der Waals surface area (Å²) in [6, 6.07) is 0. The molecule has 0 rings (SSSR count). The van der Waals surface area contributed by atoms with Gasteiger partial charge in [-0.3, -0.25) is 0 Å². The van der Waals surface area contributed by atoms with E-state index in [4.69, 9.17) is 4.43 Å². The highest BCUT2D eigenvalue weighted by Crippen LogP contribution is 2.31. The summed E-state index contributed by atoms with van der Waals surface area (Å²) in [5, 5.41) is 19.1. The summed E-state index contributed by atoms with van der Waals surface area (Å²) in [5.74, 6) is -2.02. The van der Waals surface area contributed by atoms with Crippen LogP contribution in [0.4, 0.5) is 0 Å². The second kappa shape index (κ2) is 3.10. The predicted molar refractivity (Wildman–Crippen MR) is 51.1 cm³/mol. The first-order valence-corrected chi connectivity index (χ1v) is 7.51. The molecule has 0 fully saturated rings. The molecule has 0 aromatic rings. The number of hydrogen-bond donors (Lipinski definition) is 2. The fourth-order valence-electron chi connectivity index (χ4n) is 0.580. The van der Waals surface area contributed by atoms with Gasteiger partial charge < -0.3 is 14.6 Å². The van der Waals surface area contributed by atoms with Gasteiger partial charge in [0, 0.05) is 5.41 Å². The van der Waals surface area contributed by atoms with Gasteiger partial charge >= 0.3 is 0 Å². The summed E-state index contributed by atoms with van der Waals surface area (Å²) in [6.45, 7) is 10.9. The second-order valence-corrected chi connectivity index (χ2v) is 9.50. The van der Waals surface area contributed by atoms with Crippen LogP contribution in [0.25, 0.3) is 0 Å². The van der Waals surface area contributed by atoms with E-state index in [1.54, 1.807) is 20.8 Å². The first kappa shape index (κ1) is 12.1.